The third kappa shape index (κ3) is 3.93. The minimum absolute atomic E-state index is 0.0181. The van der Waals surface area contributed by atoms with Gasteiger partial charge in [0.25, 0.3) is 0 Å². The van der Waals surface area contributed by atoms with Gasteiger partial charge in [0, 0.05) is 17.9 Å². The molecule has 0 saturated heterocycles. The highest BCUT2D eigenvalue weighted by Crippen LogP contribution is 2.14. The SMILES string of the molecule is Cc1cnc(NC(C)(C)CC(=O)O)nc1. The number of aryl methyl sites for hydroxylation is 1. The van der Waals surface area contributed by atoms with Gasteiger partial charge in [-0.3, -0.25) is 4.79 Å². The number of aliphatic carboxylic acids is 1. The Labute approximate surface area is 88.6 Å². The van der Waals surface area contributed by atoms with E-state index < -0.39 is 11.5 Å². The van der Waals surface area contributed by atoms with Crippen LogP contribution in [0.25, 0.3) is 0 Å². The van der Waals surface area contributed by atoms with E-state index in [0.29, 0.717) is 5.95 Å². The molecule has 5 nitrogen and oxygen atoms in total. The Bertz CT molecular complexity index is 346. The van der Waals surface area contributed by atoms with Crippen LogP contribution in [-0.2, 0) is 4.79 Å². The monoisotopic (exact) mass is 209 g/mol. The maximum absolute atomic E-state index is 10.6. The summed E-state index contributed by atoms with van der Waals surface area (Å²) < 4.78 is 0. The van der Waals surface area contributed by atoms with Crippen LogP contribution in [0.4, 0.5) is 5.95 Å². The van der Waals surface area contributed by atoms with E-state index in [2.05, 4.69) is 15.3 Å². The number of anilines is 1. The van der Waals surface area contributed by atoms with Gasteiger partial charge in [0.1, 0.15) is 0 Å². The standard InChI is InChI=1S/C10H15N3O2/c1-7-5-11-9(12-6-7)13-10(2,3)4-8(14)15/h5-6H,4H2,1-3H3,(H,14,15)(H,11,12,13). The highest BCUT2D eigenvalue weighted by atomic mass is 16.4. The van der Waals surface area contributed by atoms with Crippen LogP contribution in [0.5, 0.6) is 0 Å². The number of rotatable bonds is 4. The van der Waals surface area contributed by atoms with Gasteiger partial charge in [0.05, 0.1) is 6.42 Å². The Kier molecular flexibility index (Phi) is 3.24. The van der Waals surface area contributed by atoms with Crippen LogP contribution in [0, 0.1) is 6.92 Å². The molecule has 0 fully saturated rings. The van der Waals surface area contributed by atoms with Crippen LogP contribution < -0.4 is 5.32 Å². The normalized spacial score (nSPS) is 11.1. The molecule has 5 heteroatoms. The van der Waals surface area contributed by atoms with Crippen molar-refractivity contribution in [3.63, 3.8) is 0 Å². The first-order valence-corrected chi connectivity index (χ1v) is 4.68. The average Bonchev–Trinajstić information content (AvgIpc) is 2.06. The molecule has 0 radical (unpaired) electrons. The van der Waals surface area contributed by atoms with Gasteiger partial charge < -0.3 is 10.4 Å². The first-order valence-electron chi connectivity index (χ1n) is 4.68. The first-order chi connectivity index (χ1) is 6.89. The zero-order valence-electron chi connectivity index (χ0n) is 9.11. The van der Waals surface area contributed by atoms with Gasteiger partial charge in [-0.2, -0.15) is 0 Å². The van der Waals surface area contributed by atoms with E-state index in [1.807, 2.05) is 6.92 Å². The van der Waals surface area contributed by atoms with E-state index >= 15 is 0 Å². The van der Waals surface area contributed by atoms with Crippen LogP contribution in [0.1, 0.15) is 25.8 Å². The Morgan fingerprint density at radius 2 is 2.00 bits per heavy atom. The summed E-state index contributed by atoms with van der Waals surface area (Å²) in [5, 5.41) is 11.7. The molecule has 82 valence electrons. The lowest BCUT2D eigenvalue weighted by molar-refractivity contribution is -0.137. The highest BCUT2D eigenvalue weighted by Gasteiger charge is 2.22. The van der Waals surface area contributed by atoms with Crippen molar-refractivity contribution in [1.29, 1.82) is 0 Å². The lowest BCUT2D eigenvalue weighted by Crippen LogP contribution is -2.34. The summed E-state index contributed by atoms with van der Waals surface area (Å²) >= 11 is 0. The number of nitrogens with zero attached hydrogens (tertiary/aromatic N) is 2. The van der Waals surface area contributed by atoms with E-state index in [1.165, 1.54) is 0 Å². The van der Waals surface area contributed by atoms with Crippen molar-refractivity contribution >= 4 is 11.9 Å². The number of carboxylic acid groups (broad SMARTS) is 1. The molecule has 0 unspecified atom stereocenters. The van der Waals surface area contributed by atoms with Gasteiger partial charge in [-0.05, 0) is 26.3 Å². The molecule has 0 bridgehead atoms. The predicted molar refractivity (Wildman–Crippen MR) is 56.7 cm³/mol. The number of hydrogen-bond acceptors (Lipinski definition) is 4. The molecule has 0 aliphatic rings. The Morgan fingerprint density at radius 1 is 1.47 bits per heavy atom. The second-order valence-electron chi connectivity index (χ2n) is 4.16. The molecule has 1 rings (SSSR count). The Morgan fingerprint density at radius 3 is 2.47 bits per heavy atom. The quantitative estimate of drug-likeness (QED) is 0.785. The van der Waals surface area contributed by atoms with Gasteiger partial charge in [-0.1, -0.05) is 0 Å². The van der Waals surface area contributed by atoms with Gasteiger partial charge >= 0.3 is 5.97 Å². The van der Waals surface area contributed by atoms with Gasteiger partial charge in [-0.15, -0.1) is 0 Å². The number of hydrogen-bond donors (Lipinski definition) is 2. The molecule has 0 aliphatic heterocycles. The summed E-state index contributed by atoms with van der Waals surface area (Å²) in [5.41, 5.74) is 0.415. The molecule has 0 amide bonds. The minimum atomic E-state index is -0.848. The largest absolute Gasteiger partial charge is 0.481 e. The number of aromatic nitrogens is 2. The summed E-state index contributed by atoms with van der Waals surface area (Å²) in [5.74, 6) is -0.397. The molecule has 1 aromatic heterocycles. The molecule has 15 heavy (non-hydrogen) atoms. The maximum Gasteiger partial charge on any atom is 0.305 e. The third-order valence-electron chi connectivity index (χ3n) is 1.82. The molecule has 0 atom stereocenters. The molecule has 0 spiro atoms. The summed E-state index contributed by atoms with van der Waals surface area (Å²) in [6.45, 7) is 5.49. The third-order valence-corrected chi connectivity index (χ3v) is 1.82. The zero-order chi connectivity index (χ0) is 11.5. The summed E-state index contributed by atoms with van der Waals surface area (Å²) in [6.07, 6.45) is 3.39. The molecular formula is C10H15N3O2. The highest BCUT2D eigenvalue weighted by molar-refractivity contribution is 5.68. The van der Waals surface area contributed by atoms with E-state index in [-0.39, 0.29) is 6.42 Å². The van der Waals surface area contributed by atoms with Gasteiger partial charge in [-0.25, -0.2) is 9.97 Å². The number of carbonyl (C=O) groups is 1. The molecule has 2 N–H and O–H groups in total. The smallest absolute Gasteiger partial charge is 0.305 e. The Hall–Kier alpha value is -1.65. The molecule has 1 heterocycles. The fourth-order valence-electron chi connectivity index (χ4n) is 1.18. The second-order valence-corrected chi connectivity index (χ2v) is 4.16. The van der Waals surface area contributed by atoms with Crippen molar-refractivity contribution in [1.82, 2.24) is 9.97 Å². The molecular weight excluding hydrogens is 194 g/mol. The van der Waals surface area contributed by atoms with Crippen molar-refractivity contribution < 1.29 is 9.90 Å². The van der Waals surface area contributed by atoms with Crippen molar-refractivity contribution in [2.24, 2.45) is 0 Å². The average molecular weight is 209 g/mol. The van der Waals surface area contributed by atoms with Crippen LogP contribution in [0.3, 0.4) is 0 Å². The molecule has 0 aliphatic carbocycles. The van der Waals surface area contributed by atoms with Gasteiger partial charge in [0.15, 0.2) is 0 Å². The van der Waals surface area contributed by atoms with E-state index in [1.54, 1.807) is 26.2 Å². The first kappa shape index (κ1) is 11.4. The molecule has 1 aromatic rings. The van der Waals surface area contributed by atoms with Crippen molar-refractivity contribution in [3.05, 3.63) is 18.0 Å². The number of nitrogens with one attached hydrogen (secondary N) is 1. The van der Waals surface area contributed by atoms with Crippen LogP contribution >= 0.6 is 0 Å². The summed E-state index contributed by atoms with van der Waals surface area (Å²) in [4.78, 5) is 18.7. The fraction of sp³-hybridized carbons (Fsp3) is 0.500. The fourth-order valence-corrected chi connectivity index (χ4v) is 1.18. The second kappa shape index (κ2) is 4.25. The van der Waals surface area contributed by atoms with Crippen LogP contribution in [0.2, 0.25) is 0 Å². The van der Waals surface area contributed by atoms with Crippen LogP contribution in [0.15, 0.2) is 12.4 Å². The molecule has 0 aromatic carbocycles. The minimum Gasteiger partial charge on any atom is -0.481 e. The number of carboxylic acids is 1. The van der Waals surface area contributed by atoms with E-state index in [4.69, 9.17) is 5.11 Å². The van der Waals surface area contributed by atoms with Crippen LogP contribution in [-0.4, -0.2) is 26.6 Å². The van der Waals surface area contributed by atoms with Crippen molar-refractivity contribution in [2.75, 3.05) is 5.32 Å². The zero-order valence-corrected chi connectivity index (χ0v) is 9.11. The summed E-state index contributed by atoms with van der Waals surface area (Å²) in [7, 11) is 0. The topological polar surface area (TPSA) is 75.1 Å². The lowest BCUT2D eigenvalue weighted by atomic mass is 10.0. The Balaban J connectivity index is 2.68. The summed E-state index contributed by atoms with van der Waals surface area (Å²) in [6, 6.07) is 0. The maximum atomic E-state index is 10.6. The van der Waals surface area contributed by atoms with E-state index in [0.717, 1.165) is 5.56 Å². The van der Waals surface area contributed by atoms with E-state index in [9.17, 15) is 4.79 Å². The van der Waals surface area contributed by atoms with Crippen molar-refractivity contribution in [2.45, 2.75) is 32.7 Å². The molecule has 0 saturated carbocycles. The van der Waals surface area contributed by atoms with Crippen molar-refractivity contribution in [3.8, 4) is 0 Å². The predicted octanol–water partition coefficient (Wildman–Crippen LogP) is 1.45. The lowest BCUT2D eigenvalue weighted by Gasteiger charge is -2.23. The van der Waals surface area contributed by atoms with Gasteiger partial charge in [0.2, 0.25) is 5.95 Å².